The molecule has 0 amide bonds. The van der Waals surface area contributed by atoms with Crippen molar-refractivity contribution in [2.24, 2.45) is 0 Å². The number of fused-ring (bicyclic) bond motifs is 1. The first-order chi connectivity index (χ1) is 15.2. The molecule has 166 valence electrons. The summed E-state index contributed by atoms with van der Waals surface area (Å²) in [6.07, 6.45) is 7.25. The van der Waals surface area contributed by atoms with E-state index in [1.165, 1.54) is 12.1 Å². The van der Waals surface area contributed by atoms with Gasteiger partial charge in [-0.1, -0.05) is 13.8 Å². The fraction of sp³-hybridized carbons (Fsp3) is 0.458. The predicted molar refractivity (Wildman–Crippen MR) is 123 cm³/mol. The Bertz CT molecular complexity index is 1190. The van der Waals surface area contributed by atoms with Gasteiger partial charge in [0.2, 0.25) is 5.95 Å². The van der Waals surface area contributed by atoms with Gasteiger partial charge in [0, 0.05) is 42.0 Å². The van der Waals surface area contributed by atoms with Crippen LogP contribution in [-0.2, 0) is 11.0 Å². The lowest BCUT2D eigenvalue weighted by Crippen LogP contribution is -2.75. The quantitative estimate of drug-likeness (QED) is 0.624. The van der Waals surface area contributed by atoms with Gasteiger partial charge in [0.25, 0.3) is 0 Å². The van der Waals surface area contributed by atoms with Crippen LogP contribution in [0.5, 0.6) is 0 Å². The average molecular weight is 434 g/mol. The molecular weight excluding hydrogens is 405 g/mol. The number of benzene rings is 1. The lowest BCUT2D eigenvalue weighted by atomic mass is 9.44. The number of anilines is 4. The number of rotatable bonds is 5. The Balaban J connectivity index is 1.32. The van der Waals surface area contributed by atoms with Crippen LogP contribution in [0.1, 0.15) is 44.4 Å². The number of aryl methyl sites for hydroxylation is 1. The molecule has 8 heteroatoms. The summed E-state index contributed by atoms with van der Waals surface area (Å²) in [5, 5.41) is 6.94. The standard InChI is InChI=1S/C24H28FN7/c1-15-9-31(14-27-15)24-10-23(11-24,12-24)30-21-28-19(26-4)18-20(29-21)32(13-22(18,2)3)17-7-5-16(25)6-8-17/h5-9,14H,10-13H2,1-4H3,(H2,26,28,29,30). The zero-order valence-corrected chi connectivity index (χ0v) is 18.9. The van der Waals surface area contributed by atoms with E-state index < -0.39 is 0 Å². The van der Waals surface area contributed by atoms with E-state index >= 15 is 0 Å². The van der Waals surface area contributed by atoms with Crippen LogP contribution in [0.2, 0.25) is 0 Å². The topological polar surface area (TPSA) is 70.9 Å². The first-order valence-corrected chi connectivity index (χ1v) is 11.2. The van der Waals surface area contributed by atoms with Crippen molar-refractivity contribution in [1.82, 2.24) is 19.5 Å². The molecule has 0 saturated heterocycles. The molecule has 2 N–H and O–H groups in total. The molecule has 0 atom stereocenters. The van der Waals surface area contributed by atoms with E-state index in [9.17, 15) is 4.39 Å². The maximum absolute atomic E-state index is 13.5. The Morgan fingerprint density at radius 2 is 1.78 bits per heavy atom. The molecule has 3 aromatic rings. The third-order valence-electron chi connectivity index (χ3n) is 7.39. The van der Waals surface area contributed by atoms with Crippen LogP contribution in [0.3, 0.4) is 0 Å². The largest absolute Gasteiger partial charge is 0.373 e. The van der Waals surface area contributed by atoms with Crippen molar-refractivity contribution < 1.29 is 4.39 Å². The van der Waals surface area contributed by atoms with Gasteiger partial charge < -0.3 is 20.1 Å². The van der Waals surface area contributed by atoms with Crippen molar-refractivity contribution in [2.45, 2.75) is 56.5 Å². The van der Waals surface area contributed by atoms with Gasteiger partial charge >= 0.3 is 0 Å². The summed E-state index contributed by atoms with van der Waals surface area (Å²) < 4.78 is 15.8. The molecular formula is C24H28FN7. The summed E-state index contributed by atoms with van der Waals surface area (Å²) in [4.78, 5) is 16.4. The number of hydrogen-bond acceptors (Lipinski definition) is 6. The fourth-order valence-electron chi connectivity index (χ4n) is 5.95. The van der Waals surface area contributed by atoms with Gasteiger partial charge in [-0.15, -0.1) is 0 Å². The lowest BCUT2D eigenvalue weighted by Gasteiger charge is -2.70. The van der Waals surface area contributed by atoms with Crippen LogP contribution >= 0.6 is 0 Å². The number of halogens is 1. The number of nitrogens with zero attached hydrogens (tertiary/aromatic N) is 5. The van der Waals surface area contributed by atoms with E-state index in [1.54, 1.807) is 0 Å². The minimum Gasteiger partial charge on any atom is -0.373 e. The smallest absolute Gasteiger partial charge is 0.227 e. The molecule has 1 aliphatic heterocycles. The van der Waals surface area contributed by atoms with Gasteiger partial charge in [0.1, 0.15) is 17.5 Å². The minimum atomic E-state index is -0.237. The molecule has 0 spiro atoms. The van der Waals surface area contributed by atoms with Gasteiger partial charge in [-0.25, -0.2) is 9.37 Å². The molecule has 3 saturated carbocycles. The van der Waals surface area contributed by atoms with Crippen LogP contribution in [0, 0.1) is 12.7 Å². The van der Waals surface area contributed by atoms with Crippen molar-refractivity contribution in [1.29, 1.82) is 0 Å². The van der Waals surface area contributed by atoms with Crippen molar-refractivity contribution in [2.75, 3.05) is 29.1 Å². The van der Waals surface area contributed by atoms with Crippen molar-refractivity contribution in [3.63, 3.8) is 0 Å². The summed E-state index contributed by atoms with van der Waals surface area (Å²) in [7, 11) is 1.90. The first-order valence-electron chi connectivity index (χ1n) is 11.2. The Kier molecular flexibility index (Phi) is 3.79. The van der Waals surface area contributed by atoms with E-state index in [0.29, 0.717) is 5.95 Å². The van der Waals surface area contributed by atoms with E-state index in [0.717, 1.165) is 54.4 Å². The van der Waals surface area contributed by atoms with Crippen molar-refractivity contribution in [3.8, 4) is 0 Å². The van der Waals surface area contributed by atoms with E-state index in [1.807, 2.05) is 32.4 Å². The van der Waals surface area contributed by atoms with E-state index in [2.05, 4.69) is 45.1 Å². The highest BCUT2D eigenvalue weighted by atomic mass is 19.1. The summed E-state index contributed by atoms with van der Waals surface area (Å²) >= 11 is 0. The van der Waals surface area contributed by atoms with Crippen molar-refractivity contribution in [3.05, 3.63) is 53.9 Å². The summed E-state index contributed by atoms with van der Waals surface area (Å²) in [5.74, 6) is 2.14. The second-order valence-electron chi connectivity index (χ2n) is 10.4. The Labute approximate surface area is 187 Å². The molecule has 3 aliphatic carbocycles. The molecule has 3 heterocycles. The maximum Gasteiger partial charge on any atom is 0.227 e. The molecule has 2 bridgehead atoms. The van der Waals surface area contributed by atoms with Gasteiger partial charge in [0.15, 0.2) is 0 Å². The summed E-state index contributed by atoms with van der Waals surface area (Å²) in [6.45, 7) is 7.19. The van der Waals surface area contributed by atoms with Gasteiger partial charge in [0.05, 0.1) is 17.6 Å². The number of hydrogen-bond donors (Lipinski definition) is 2. The van der Waals surface area contributed by atoms with E-state index in [4.69, 9.17) is 9.97 Å². The Morgan fingerprint density at radius 3 is 2.41 bits per heavy atom. The van der Waals surface area contributed by atoms with Crippen LogP contribution < -0.4 is 15.5 Å². The average Bonchev–Trinajstić information content (AvgIpc) is 3.24. The number of aromatic nitrogens is 4. The maximum atomic E-state index is 13.5. The third kappa shape index (κ3) is 2.68. The molecule has 7 nitrogen and oxygen atoms in total. The monoisotopic (exact) mass is 433 g/mol. The molecule has 2 aromatic heterocycles. The normalized spacial score (nSPS) is 26.8. The van der Waals surface area contributed by atoms with Crippen LogP contribution in [-0.4, -0.2) is 38.7 Å². The minimum absolute atomic E-state index is 0.0479. The second-order valence-corrected chi connectivity index (χ2v) is 10.4. The highest BCUT2D eigenvalue weighted by Crippen LogP contribution is 2.66. The van der Waals surface area contributed by atoms with E-state index in [-0.39, 0.29) is 22.3 Å². The second kappa shape index (κ2) is 6.21. The first kappa shape index (κ1) is 19.5. The zero-order chi connectivity index (χ0) is 22.3. The summed E-state index contributed by atoms with van der Waals surface area (Å²) in [5.41, 5.74) is 3.19. The van der Waals surface area contributed by atoms with Crippen molar-refractivity contribution >= 4 is 23.3 Å². The van der Waals surface area contributed by atoms with Gasteiger partial charge in [-0.05, 0) is 50.5 Å². The lowest BCUT2D eigenvalue weighted by molar-refractivity contribution is -0.100. The molecule has 1 aromatic carbocycles. The van der Waals surface area contributed by atoms with Crippen LogP contribution in [0.15, 0.2) is 36.8 Å². The Morgan fingerprint density at radius 1 is 1.06 bits per heavy atom. The van der Waals surface area contributed by atoms with Gasteiger partial charge in [-0.3, -0.25) is 0 Å². The van der Waals surface area contributed by atoms with Crippen LogP contribution in [0.25, 0.3) is 0 Å². The Hall–Kier alpha value is -3.16. The predicted octanol–water partition coefficient (Wildman–Crippen LogP) is 4.34. The SMILES string of the molecule is CNc1nc(NC23CC(n4cnc(C)c4)(C2)C3)nc2c1C(C)(C)CN2c1ccc(F)cc1. The molecule has 3 fully saturated rings. The molecule has 7 rings (SSSR count). The highest BCUT2D eigenvalue weighted by molar-refractivity contribution is 5.75. The zero-order valence-electron chi connectivity index (χ0n) is 18.9. The fourth-order valence-corrected chi connectivity index (χ4v) is 5.95. The number of nitrogens with one attached hydrogen (secondary N) is 2. The third-order valence-corrected chi connectivity index (χ3v) is 7.39. The molecule has 0 unspecified atom stereocenters. The molecule has 4 aliphatic rings. The summed E-state index contributed by atoms with van der Waals surface area (Å²) in [6, 6.07) is 6.62. The van der Waals surface area contributed by atoms with Gasteiger partial charge in [-0.2, -0.15) is 9.97 Å². The number of imidazole rings is 1. The molecule has 32 heavy (non-hydrogen) atoms. The van der Waals surface area contributed by atoms with Crippen LogP contribution in [0.4, 0.5) is 27.7 Å². The molecule has 0 radical (unpaired) electrons. The highest BCUT2D eigenvalue weighted by Gasteiger charge is 2.69.